The van der Waals surface area contributed by atoms with Crippen LogP contribution in [-0.2, 0) is 6.54 Å². The van der Waals surface area contributed by atoms with Crippen molar-refractivity contribution in [2.24, 2.45) is 0 Å². The SMILES string of the molecule is Ic1ccc(NCc2csc(-c3ccsc3)n2)cc1. The molecule has 0 amide bonds. The first-order valence-corrected chi connectivity index (χ1v) is 8.68. The average molecular weight is 398 g/mol. The van der Waals surface area contributed by atoms with E-state index >= 15 is 0 Å². The van der Waals surface area contributed by atoms with E-state index in [1.807, 2.05) is 0 Å². The van der Waals surface area contributed by atoms with Gasteiger partial charge < -0.3 is 5.32 Å². The molecule has 0 fully saturated rings. The minimum atomic E-state index is 0.765. The van der Waals surface area contributed by atoms with Crippen molar-refractivity contribution in [3.05, 3.63) is 55.7 Å². The molecule has 2 nitrogen and oxygen atoms in total. The second-order valence-corrected chi connectivity index (χ2v) is 6.90. The van der Waals surface area contributed by atoms with Gasteiger partial charge in [-0.2, -0.15) is 11.3 Å². The summed E-state index contributed by atoms with van der Waals surface area (Å²) in [5.41, 5.74) is 3.44. The molecule has 0 aliphatic heterocycles. The Labute approximate surface area is 133 Å². The maximum absolute atomic E-state index is 4.65. The normalized spacial score (nSPS) is 10.6. The largest absolute Gasteiger partial charge is 0.379 e. The van der Waals surface area contributed by atoms with Crippen LogP contribution in [0.2, 0.25) is 0 Å². The molecule has 0 saturated carbocycles. The van der Waals surface area contributed by atoms with Gasteiger partial charge in [0.25, 0.3) is 0 Å². The topological polar surface area (TPSA) is 24.9 Å². The second kappa shape index (κ2) is 6.02. The molecule has 0 radical (unpaired) electrons. The highest BCUT2D eigenvalue weighted by Gasteiger charge is 2.04. The maximum atomic E-state index is 4.65. The Hall–Kier alpha value is -0.920. The van der Waals surface area contributed by atoms with Gasteiger partial charge in [-0.25, -0.2) is 4.98 Å². The monoisotopic (exact) mass is 398 g/mol. The van der Waals surface area contributed by atoms with Gasteiger partial charge in [0.2, 0.25) is 0 Å². The Morgan fingerprint density at radius 2 is 1.95 bits per heavy atom. The van der Waals surface area contributed by atoms with Crippen LogP contribution in [0.1, 0.15) is 5.69 Å². The lowest BCUT2D eigenvalue weighted by atomic mass is 10.3. The van der Waals surface area contributed by atoms with Crippen LogP contribution in [0.4, 0.5) is 5.69 Å². The number of benzene rings is 1. The lowest BCUT2D eigenvalue weighted by molar-refractivity contribution is 1.08. The third-order valence-corrected chi connectivity index (χ3v) is 4.98. The zero-order valence-electron chi connectivity index (χ0n) is 9.97. The lowest BCUT2D eigenvalue weighted by Crippen LogP contribution is -1.99. The molecular formula is C14H11IN2S2. The Morgan fingerprint density at radius 3 is 2.68 bits per heavy atom. The van der Waals surface area contributed by atoms with Crippen LogP contribution in [0.5, 0.6) is 0 Å². The van der Waals surface area contributed by atoms with Gasteiger partial charge in [0.1, 0.15) is 5.01 Å². The summed E-state index contributed by atoms with van der Waals surface area (Å²) in [6.45, 7) is 0.765. The Bertz CT molecular complexity index is 644. The van der Waals surface area contributed by atoms with E-state index in [2.05, 4.69) is 79.4 Å². The second-order valence-electron chi connectivity index (χ2n) is 4.02. The molecule has 0 aliphatic rings. The summed E-state index contributed by atoms with van der Waals surface area (Å²) in [6, 6.07) is 10.5. The van der Waals surface area contributed by atoms with E-state index in [-0.39, 0.29) is 0 Å². The number of thiophene rings is 1. The number of rotatable bonds is 4. The smallest absolute Gasteiger partial charge is 0.124 e. The number of nitrogens with zero attached hydrogens (tertiary/aromatic N) is 1. The van der Waals surface area contributed by atoms with E-state index in [0.717, 1.165) is 22.9 Å². The van der Waals surface area contributed by atoms with Crippen molar-refractivity contribution in [3.8, 4) is 10.6 Å². The molecule has 0 unspecified atom stereocenters. The van der Waals surface area contributed by atoms with Crippen molar-refractivity contribution in [3.63, 3.8) is 0 Å². The summed E-state index contributed by atoms with van der Waals surface area (Å²) in [6.07, 6.45) is 0. The van der Waals surface area contributed by atoms with E-state index in [1.165, 1.54) is 9.13 Å². The summed E-state index contributed by atoms with van der Waals surface area (Å²) in [5, 5.41) is 10.8. The molecule has 0 saturated heterocycles. The fraction of sp³-hybridized carbons (Fsp3) is 0.0714. The van der Waals surface area contributed by atoms with Crippen LogP contribution < -0.4 is 5.32 Å². The molecule has 0 bridgehead atoms. The van der Waals surface area contributed by atoms with E-state index in [4.69, 9.17) is 0 Å². The molecule has 96 valence electrons. The Balaban J connectivity index is 1.66. The molecule has 1 aromatic carbocycles. The van der Waals surface area contributed by atoms with Gasteiger partial charge in [-0.05, 0) is 58.3 Å². The Kier molecular flexibility index (Phi) is 4.15. The number of halogens is 1. The first kappa shape index (κ1) is 13.1. The molecule has 2 heterocycles. The average Bonchev–Trinajstić information content (AvgIpc) is 3.09. The third kappa shape index (κ3) is 3.34. The van der Waals surface area contributed by atoms with Gasteiger partial charge in [-0.1, -0.05) is 0 Å². The van der Waals surface area contributed by atoms with Gasteiger partial charge in [-0.3, -0.25) is 0 Å². The standard InChI is InChI=1S/C14H11IN2S2/c15-11-1-3-12(4-2-11)16-7-13-9-19-14(17-13)10-5-6-18-8-10/h1-6,8-9,16H,7H2. The molecule has 19 heavy (non-hydrogen) atoms. The maximum Gasteiger partial charge on any atom is 0.124 e. The molecule has 2 aromatic heterocycles. The fourth-order valence-electron chi connectivity index (χ4n) is 1.67. The highest BCUT2D eigenvalue weighted by Crippen LogP contribution is 2.26. The van der Waals surface area contributed by atoms with Gasteiger partial charge in [-0.15, -0.1) is 11.3 Å². The van der Waals surface area contributed by atoms with Gasteiger partial charge in [0, 0.05) is 25.6 Å². The molecule has 5 heteroatoms. The summed E-state index contributed by atoms with van der Waals surface area (Å²) in [7, 11) is 0. The van der Waals surface area contributed by atoms with Crippen LogP contribution in [0.25, 0.3) is 10.6 Å². The summed E-state index contributed by atoms with van der Waals surface area (Å²) in [5.74, 6) is 0. The van der Waals surface area contributed by atoms with E-state index < -0.39 is 0 Å². The lowest BCUT2D eigenvalue weighted by Gasteiger charge is -2.03. The van der Waals surface area contributed by atoms with Crippen molar-refractivity contribution in [1.29, 1.82) is 0 Å². The molecule has 3 rings (SSSR count). The highest BCUT2D eigenvalue weighted by molar-refractivity contribution is 14.1. The number of hydrogen-bond donors (Lipinski definition) is 1. The molecule has 1 N–H and O–H groups in total. The van der Waals surface area contributed by atoms with Gasteiger partial charge in [0.15, 0.2) is 0 Å². The van der Waals surface area contributed by atoms with Crippen LogP contribution in [0.15, 0.2) is 46.5 Å². The number of nitrogens with one attached hydrogen (secondary N) is 1. The van der Waals surface area contributed by atoms with Crippen molar-refractivity contribution < 1.29 is 0 Å². The Morgan fingerprint density at radius 1 is 1.11 bits per heavy atom. The number of thiazole rings is 1. The molecule has 0 spiro atoms. The van der Waals surface area contributed by atoms with Crippen LogP contribution in [-0.4, -0.2) is 4.98 Å². The van der Waals surface area contributed by atoms with Crippen molar-refractivity contribution in [2.45, 2.75) is 6.54 Å². The van der Waals surface area contributed by atoms with Gasteiger partial charge in [0.05, 0.1) is 12.2 Å². The number of anilines is 1. The first-order valence-electron chi connectivity index (χ1n) is 5.78. The van der Waals surface area contributed by atoms with Crippen LogP contribution in [0, 0.1) is 3.57 Å². The third-order valence-electron chi connectivity index (χ3n) is 2.64. The fourth-order valence-corrected chi connectivity index (χ4v) is 3.56. The van der Waals surface area contributed by atoms with Crippen LogP contribution in [0.3, 0.4) is 0 Å². The summed E-state index contributed by atoms with van der Waals surface area (Å²) < 4.78 is 1.25. The first-order chi connectivity index (χ1) is 9.31. The zero-order valence-corrected chi connectivity index (χ0v) is 13.8. The molecule has 0 aliphatic carbocycles. The summed E-state index contributed by atoms with van der Waals surface area (Å²) >= 11 is 5.71. The quantitative estimate of drug-likeness (QED) is 0.620. The zero-order chi connectivity index (χ0) is 13.1. The molecule has 3 aromatic rings. The van der Waals surface area contributed by atoms with Crippen LogP contribution >= 0.6 is 45.3 Å². The highest BCUT2D eigenvalue weighted by atomic mass is 127. The van der Waals surface area contributed by atoms with E-state index in [1.54, 1.807) is 22.7 Å². The van der Waals surface area contributed by atoms with Crippen molar-refractivity contribution in [1.82, 2.24) is 4.98 Å². The molecular weight excluding hydrogens is 387 g/mol. The number of hydrogen-bond acceptors (Lipinski definition) is 4. The van der Waals surface area contributed by atoms with Crippen molar-refractivity contribution >= 4 is 51.0 Å². The van der Waals surface area contributed by atoms with E-state index in [9.17, 15) is 0 Å². The van der Waals surface area contributed by atoms with Crippen molar-refractivity contribution in [2.75, 3.05) is 5.32 Å². The van der Waals surface area contributed by atoms with Gasteiger partial charge >= 0.3 is 0 Å². The predicted molar refractivity (Wildman–Crippen MR) is 91.9 cm³/mol. The van der Waals surface area contributed by atoms with E-state index in [0.29, 0.717) is 0 Å². The minimum absolute atomic E-state index is 0.765. The summed E-state index contributed by atoms with van der Waals surface area (Å²) in [4.78, 5) is 4.65. The predicted octanol–water partition coefficient (Wildman–Crippen LogP) is 5.09. The molecule has 0 atom stereocenters. The number of aromatic nitrogens is 1. The minimum Gasteiger partial charge on any atom is -0.379 e.